The lowest BCUT2D eigenvalue weighted by Crippen LogP contribution is -2.23. The van der Waals surface area contributed by atoms with Crippen LogP contribution in [0.4, 0.5) is 5.69 Å². The second-order valence-electron chi connectivity index (χ2n) is 5.54. The van der Waals surface area contributed by atoms with Crippen molar-refractivity contribution in [3.05, 3.63) is 59.2 Å². The molecule has 2 aromatic carbocycles. The molecule has 0 fully saturated rings. The van der Waals surface area contributed by atoms with Crippen LogP contribution < -0.4 is 10.1 Å². The summed E-state index contributed by atoms with van der Waals surface area (Å²) in [6.07, 6.45) is 0.372. The Labute approximate surface area is 136 Å². The molecule has 0 aromatic heterocycles. The molecule has 1 atom stereocenters. The predicted molar refractivity (Wildman–Crippen MR) is 90.3 cm³/mol. The maximum atomic E-state index is 12.4. The molecule has 0 spiro atoms. The monoisotopic (exact) mass is 308 g/mol. The quantitative estimate of drug-likeness (QED) is 0.917. The van der Waals surface area contributed by atoms with E-state index in [4.69, 9.17) is 4.74 Å². The first-order valence-electron chi connectivity index (χ1n) is 7.44. The van der Waals surface area contributed by atoms with Crippen molar-refractivity contribution in [2.24, 2.45) is 5.92 Å². The molecule has 4 nitrogen and oxygen atoms in total. The highest BCUT2D eigenvalue weighted by Gasteiger charge is 2.19. The van der Waals surface area contributed by atoms with Gasteiger partial charge in [-0.15, -0.1) is 0 Å². The zero-order chi connectivity index (χ0) is 16.8. The second-order valence-corrected chi connectivity index (χ2v) is 5.54. The van der Waals surface area contributed by atoms with E-state index in [0.29, 0.717) is 6.42 Å². The molecule has 0 heterocycles. The first kappa shape index (κ1) is 16.6. The molecule has 0 saturated carbocycles. The van der Waals surface area contributed by atoms with E-state index < -0.39 is 5.92 Å². The Kier molecular flexibility index (Phi) is 5.37. The molecule has 4 heteroatoms. The normalized spacial score (nSPS) is 11.4. The number of methoxy groups -OCH3 is 1. The maximum absolute atomic E-state index is 12.4. The van der Waals surface area contributed by atoms with Gasteiger partial charge >= 0.3 is 0 Å². The molecule has 1 N–H and O–H groups in total. The number of rotatable bonds is 5. The minimum Gasteiger partial charge on any atom is -0.497 e. The molecule has 23 heavy (non-hydrogen) atoms. The molecule has 0 radical (unpaired) electrons. The molecule has 0 bridgehead atoms. The number of hydrogen-bond acceptors (Lipinski definition) is 3. The molecular formula is C19H20N2O2. The summed E-state index contributed by atoms with van der Waals surface area (Å²) in [4.78, 5) is 12.4. The number of nitrogens with zero attached hydrogens (tertiary/aromatic N) is 1. The van der Waals surface area contributed by atoms with Crippen molar-refractivity contribution < 1.29 is 9.53 Å². The molecule has 0 saturated heterocycles. The first-order chi connectivity index (χ1) is 11.0. The van der Waals surface area contributed by atoms with Gasteiger partial charge in [-0.05, 0) is 55.2 Å². The Morgan fingerprint density at radius 3 is 2.52 bits per heavy atom. The zero-order valence-corrected chi connectivity index (χ0v) is 13.6. The van der Waals surface area contributed by atoms with Crippen LogP contribution in [0.5, 0.6) is 5.75 Å². The van der Waals surface area contributed by atoms with E-state index in [0.717, 1.165) is 28.1 Å². The second kappa shape index (κ2) is 7.46. The van der Waals surface area contributed by atoms with Gasteiger partial charge < -0.3 is 10.1 Å². The fourth-order valence-corrected chi connectivity index (χ4v) is 2.28. The van der Waals surface area contributed by atoms with E-state index in [-0.39, 0.29) is 5.91 Å². The van der Waals surface area contributed by atoms with Crippen LogP contribution in [0.2, 0.25) is 0 Å². The van der Waals surface area contributed by atoms with Gasteiger partial charge in [0.05, 0.1) is 13.2 Å². The van der Waals surface area contributed by atoms with Crippen LogP contribution in [0, 0.1) is 31.1 Å². The summed E-state index contributed by atoms with van der Waals surface area (Å²) in [7, 11) is 1.60. The van der Waals surface area contributed by atoms with Crippen molar-refractivity contribution in [1.29, 1.82) is 5.26 Å². The highest BCUT2D eigenvalue weighted by atomic mass is 16.5. The number of ether oxygens (including phenoxy) is 1. The zero-order valence-electron chi connectivity index (χ0n) is 13.6. The topological polar surface area (TPSA) is 62.1 Å². The van der Waals surface area contributed by atoms with Crippen molar-refractivity contribution >= 4 is 11.6 Å². The summed E-state index contributed by atoms with van der Waals surface area (Å²) in [6.45, 7) is 3.90. The summed E-state index contributed by atoms with van der Waals surface area (Å²) >= 11 is 0. The average molecular weight is 308 g/mol. The smallest absolute Gasteiger partial charge is 0.242 e. The Morgan fingerprint density at radius 2 is 1.91 bits per heavy atom. The van der Waals surface area contributed by atoms with Crippen LogP contribution in [0.3, 0.4) is 0 Å². The molecule has 0 unspecified atom stereocenters. The van der Waals surface area contributed by atoms with E-state index in [1.54, 1.807) is 7.11 Å². The van der Waals surface area contributed by atoms with Crippen molar-refractivity contribution in [2.45, 2.75) is 20.3 Å². The van der Waals surface area contributed by atoms with Crippen molar-refractivity contribution in [2.75, 3.05) is 12.4 Å². The Balaban J connectivity index is 2.09. The standard InChI is InChI=1S/C19H20N2O2/c1-13-4-5-14(2)18(10-13)21-19(22)16(12-20)11-15-6-8-17(23-3)9-7-15/h4-10,16H,11H2,1-3H3,(H,21,22)/t16-/m1/s1. The van der Waals surface area contributed by atoms with E-state index in [2.05, 4.69) is 11.4 Å². The summed E-state index contributed by atoms with van der Waals surface area (Å²) in [5.74, 6) is -0.262. The number of amides is 1. The van der Waals surface area contributed by atoms with Crippen LogP contribution >= 0.6 is 0 Å². The number of carbonyl (C=O) groups is 1. The van der Waals surface area contributed by atoms with E-state index in [9.17, 15) is 10.1 Å². The third kappa shape index (κ3) is 4.33. The Morgan fingerprint density at radius 1 is 1.22 bits per heavy atom. The lowest BCUT2D eigenvalue weighted by atomic mass is 9.99. The third-order valence-corrected chi connectivity index (χ3v) is 3.72. The van der Waals surface area contributed by atoms with Crippen LogP contribution in [0.1, 0.15) is 16.7 Å². The van der Waals surface area contributed by atoms with Gasteiger partial charge in [0.1, 0.15) is 11.7 Å². The predicted octanol–water partition coefficient (Wildman–Crippen LogP) is 3.63. The molecule has 1 amide bonds. The minimum absolute atomic E-state index is 0.281. The summed E-state index contributed by atoms with van der Waals surface area (Å²) in [6, 6.07) is 15.3. The molecule has 0 aliphatic heterocycles. The van der Waals surface area contributed by atoms with Gasteiger partial charge in [-0.1, -0.05) is 24.3 Å². The van der Waals surface area contributed by atoms with Crippen molar-refractivity contribution in [3.8, 4) is 11.8 Å². The van der Waals surface area contributed by atoms with Crippen LogP contribution in [-0.2, 0) is 11.2 Å². The number of benzene rings is 2. The number of nitriles is 1. The molecule has 118 valence electrons. The number of aryl methyl sites for hydroxylation is 2. The molecular weight excluding hydrogens is 288 g/mol. The largest absolute Gasteiger partial charge is 0.497 e. The van der Waals surface area contributed by atoms with Gasteiger partial charge in [-0.25, -0.2) is 0 Å². The lowest BCUT2D eigenvalue weighted by molar-refractivity contribution is -0.118. The number of nitrogens with one attached hydrogen (secondary N) is 1. The van der Waals surface area contributed by atoms with Crippen LogP contribution in [0.15, 0.2) is 42.5 Å². The molecule has 0 aliphatic rings. The summed E-state index contributed by atoms with van der Waals surface area (Å²) < 4.78 is 5.11. The highest BCUT2D eigenvalue weighted by molar-refractivity contribution is 5.95. The molecule has 0 aliphatic carbocycles. The number of anilines is 1. The first-order valence-corrected chi connectivity index (χ1v) is 7.44. The average Bonchev–Trinajstić information content (AvgIpc) is 2.56. The Hall–Kier alpha value is -2.80. The van der Waals surface area contributed by atoms with Gasteiger partial charge in [0.25, 0.3) is 0 Å². The van der Waals surface area contributed by atoms with Gasteiger partial charge in [-0.2, -0.15) is 5.26 Å². The molecule has 2 aromatic rings. The van der Waals surface area contributed by atoms with Crippen molar-refractivity contribution in [3.63, 3.8) is 0 Å². The fourth-order valence-electron chi connectivity index (χ4n) is 2.28. The number of hydrogen-bond donors (Lipinski definition) is 1. The summed E-state index contributed by atoms with van der Waals surface area (Å²) in [5, 5.41) is 12.2. The van der Waals surface area contributed by atoms with E-state index >= 15 is 0 Å². The van der Waals surface area contributed by atoms with Gasteiger partial charge in [0.2, 0.25) is 5.91 Å². The van der Waals surface area contributed by atoms with Crippen molar-refractivity contribution in [1.82, 2.24) is 0 Å². The highest BCUT2D eigenvalue weighted by Crippen LogP contribution is 2.19. The third-order valence-electron chi connectivity index (χ3n) is 3.72. The minimum atomic E-state index is -0.733. The Bertz CT molecular complexity index is 730. The van der Waals surface area contributed by atoms with Crippen LogP contribution in [-0.4, -0.2) is 13.0 Å². The maximum Gasteiger partial charge on any atom is 0.242 e. The van der Waals surface area contributed by atoms with Gasteiger partial charge in [0.15, 0.2) is 0 Å². The lowest BCUT2D eigenvalue weighted by Gasteiger charge is -2.13. The van der Waals surface area contributed by atoms with Gasteiger partial charge in [0, 0.05) is 5.69 Å². The number of carbonyl (C=O) groups excluding carboxylic acids is 1. The van der Waals surface area contributed by atoms with E-state index in [1.165, 1.54) is 0 Å². The SMILES string of the molecule is COc1ccc(C[C@H](C#N)C(=O)Nc2cc(C)ccc2C)cc1. The summed E-state index contributed by atoms with van der Waals surface area (Å²) in [5.41, 5.74) is 3.72. The van der Waals surface area contributed by atoms with Crippen LogP contribution in [0.25, 0.3) is 0 Å². The fraction of sp³-hybridized carbons (Fsp3) is 0.263. The molecule has 2 rings (SSSR count). The van der Waals surface area contributed by atoms with E-state index in [1.807, 2.05) is 56.3 Å². The van der Waals surface area contributed by atoms with Gasteiger partial charge in [-0.3, -0.25) is 4.79 Å².